The molecule has 4 rings (SSSR count). The number of aromatic nitrogens is 5. The van der Waals surface area contributed by atoms with Crippen molar-refractivity contribution in [3.05, 3.63) is 77.4 Å². The summed E-state index contributed by atoms with van der Waals surface area (Å²) in [6, 6.07) is 10.9. The maximum Gasteiger partial charge on any atom is 0.263 e. The Bertz CT molecular complexity index is 1400. The zero-order chi connectivity index (χ0) is 23.9. The molecule has 0 saturated carbocycles. The maximum absolute atomic E-state index is 12.8. The molecule has 2 amide bonds. The molecule has 10 nitrogen and oxygen atoms in total. The van der Waals surface area contributed by atoms with Crippen LogP contribution < -0.4 is 16.2 Å². The van der Waals surface area contributed by atoms with E-state index in [1.54, 1.807) is 35.0 Å². The number of hydrogen-bond acceptors (Lipinski definition) is 7. The Morgan fingerprint density at radius 1 is 1.06 bits per heavy atom. The summed E-state index contributed by atoms with van der Waals surface area (Å²) in [6.07, 6.45) is 5.13. The molecule has 0 radical (unpaired) electrons. The van der Waals surface area contributed by atoms with E-state index in [-0.39, 0.29) is 36.1 Å². The Morgan fingerprint density at radius 3 is 2.65 bits per heavy atom. The third-order valence-corrected chi connectivity index (χ3v) is 5.96. The van der Waals surface area contributed by atoms with Crippen LogP contribution in [0.1, 0.15) is 12.0 Å². The first-order chi connectivity index (χ1) is 16.6. The Hall–Kier alpha value is -3.99. The molecule has 11 heteroatoms. The summed E-state index contributed by atoms with van der Waals surface area (Å²) in [5.41, 5.74) is 1.45. The number of para-hydroxylation sites is 1. The van der Waals surface area contributed by atoms with Crippen LogP contribution in [-0.2, 0) is 22.7 Å². The van der Waals surface area contributed by atoms with Gasteiger partial charge in [0.25, 0.3) is 5.56 Å². The molecule has 0 aliphatic heterocycles. The second kappa shape index (κ2) is 10.8. The van der Waals surface area contributed by atoms with E-state index in [2.05, 4.69) is 32.4 Å². The van der Waals surface area contributed by atoms with Gasteiger partial charge in [0.1, 0.15) is 0 Å². The summed E-state index contributed by atoms with van der Waals surface area (Å²) >= 11 is 1.21. The Kier molecular flexibility index (Phi) is 7.33. The zero-order valence-corrected chi connectivity index (χ0v) is 19.1. The molecule has 0 aliphatic carbocycles. The molecule has 34 heavy (non-hydrogen) atoms. The van der Waals surface area contributed by atoms with Gasteiger partial charge in [0.2, 0.25) is 17.6 Å². The lowest BCUT2D eigenvalue weighted by atomic mass is 10.2. The fourth-order valence-corrected chi connectivity index (χ4v) is 4.18. The lowest BCUT2D eigenvalue weighted by Gasteiger charge is -2.09. The minimum absolute atomic E-state index is 0.0916. The van der Waals surface area contributed by atoms with Gasteiger partial charge in [0.05, 0.1) is 16.7 Å². The highest BCUT2D eigenvalue weighted by molar-refractivity contribution is 7.99. The van der Waals surface area contributed by atoms with E-state index < -0.39 is 0 Å². The van der Waals surface area contributed by atoms with E-state index in [1.807, 2.05) is 24.3 Å². The minimum atomic E-state index is -0.229. The quantitative estimate of drug-likeness (QED) is 0.262. The van der Waals surface area contributed by atoms with Crippen LogP contribution in [0.4, 0.5) is 0 Å². The van der Waals surface area contributed by atoms with Crippen LogP contribution in [0.5, 0.6) is 0 Å². The molecule has 1 aromatic carbocycles. The number of amides is 2. The molecule has 4 aromatic rings. The van der Waals surface area contributed by atoms with Crippen LogP contribution in [0.3, 0.4) is 0 Å². The highest BCUT2D eigenvalue weighted by Gasteiger charge is 2.17. The van der Waals surface area contributed by atoms with Crippen LogP contribution >= 0.6 is 11.8 Å². The van der Waals surface area contributed by atoms with Crippen molar-refractivity contribution in [1.29, 1.82) is 0 Å². The molecule has 0 saturated heterocycles. The maximum atomic E-state index is 12.8. The van der Waals surface area contributed by atoms with Gasteiger partial charge >= 0.3 is 0 Å². The van der Waals surface area contributed by atoms with E-state index in [1.165, 1.54) is 16.3 Å². The predicted molar refractivity (Wildman–Crippen MR) is 129 cm³/mol. The van der Waals surface area contributed by atoms with Crippen LogP contribution in [0.2, 0.25) is 0 Å². The van der Waals surface area contributed by atoms with Gasteiger partial charge in [0.15, 0.2) is 5.16 Å². The zero-order valence-electron chi connectivity index (χ0n) is 18.3. The Balaban J connectivity index is 1.36. The number of fused-ring (bicyclic) bond motifs is 3. The number of pyridine rings is 1. The average Bonchev–Trinajstić information content (AvgIpc) is 3.28. The number of rotatable bonds is 10. The fraction of sp³-hybridized carbons (Fsp3) is 0.217. The third kappa shape index (κ3) is 5.15. The van der Waals surface area contributed by atoms with E-state index >= 15 is 0 Å². The van der Waals surface area contributed by atoms with Crippen LogP contribution in [0.25, 0.3) is 16.7 Å². The van der Waals surface area contributed by atoms with Crippen molar-refractivity contribution in [2.24, 2.45) is 0 Å². The van der Waals surface area contributed by atoms with Crippen LogP contribution in [-0.4, -0.2) is 48.3 Å². The smallest absolute Gasteiger partial charge is 0.263 e. The molecule has 0 fully saturated rings. The number of allylic oxidation sites excluding steroid dienone is 1. The van der Waals surface area contributed by atoms with E-state index in [4.69, 9.17) is 0 Å². The van der Waals surface area contributed by atoms with Crippen LogP contribution in [0.15, 0.2) is 71.4 Å². The largest absolute Gasteiger partial charge is 0.355 e. The van der Waals surface area contributed by atoms with Crippen molar-refractivity contribution in [3.63, 3.8) is 0 Å². The molecule has 0 spiro atoms. The summed E-state index contributed by atoms with van der Waals surface area (Å²) in [5, 5.41) is 14.9. The number of carbonyl (C=O) groups excluding carboxylic acids is 2. The molecule has 0 aliphatic rings. The number of benzene rings is 1. The van der Waals surface area contributed by atoms with Gasteiger partial charge in [-0.05, 0) is 29.8 Å². The van der Waals surface area contributed by atoms with Gasteiger partial charge in [-0.3, -0.25) is 28.3 Å². The first-order valence-corrected chi connectivity index (χ1v) is 11.6. The lowest BCUT2D eigenvalue weighted by Crippen LogP contribution is -2.31. The first kappa shape index (κ1) is 23.2. The van der Waals surface area contributed by atoms with Crippen molar-refractivity contribution in [2.75, 3.05) is 12.3 Å². The minimum Gasteiger partial charge on any atom is -0.355 e. The van der Waals surface area contributed by atoms with E-state index in [9.17, 15) is 14.4 Å². The van der Waals surface area contributed by atoms with Crippen molar-refractivity contribution < 1.29 is 9.59 Å². The molecule has 174 valence electrons. The number of carbonyl (C=O) groups is 2. The van der Waals surface area contributed by atoms with Crippen molar-refractivity contribution in [3.8, 4) is 0 Å². The molecule has 3 aromatic heterocycles. The fourth-order valence-electron chi connectivity index (χ4n) is 3.41. The molecule has 2 N–H and O–H groups in total. The second-order valence-corrected chi connectivity index (χ2v) is 8.30. The van der Waals surface area contributed by atoms with Crippen molar-refractivity contribution in [1.82, 2.24) is 34.8 Å². The Labute approximate surface area is 199 Å². The number of nitrogens with zero attached hydrogens (tertiary/aromatic N) is 5. The second-order valence-electron chi connectivity index (χ2n) is 7.36. The normalized spacial score (nSPS) is 10.9. The highest BCUT2D eigenvalue weighted by Crippen LogP contribution is 2.21. The highest BCUT2D eigenvalue weighted by atomic mass is 32.2. The van der Waals surface area contributed by atoms with Crippen molar-refractivity contribution in [2.45, 2.75) is 24.7 Å². The van der Waals surface area contributed by atoms with Gasteiger partial charge in [-0.1, -0.05) is 30.0 Å². The number of nitrogens with one attached hydrogen (secondary N) is 2. The van der Waals surface area contributed by atoms with Crippen molar-refractivity contribution >= 4 is 40.3 Å². The monoisotopic (exact) mass is 477 g/mol. The molecule has 3 heterocycles. The predicted octanol–water partition coefficient (Wildman–Crippen LogP) is 1.54. The number of thioether (sulfide) groups is 1. The summed E-state index contributed by atoms with van der Waals surface area (Å²) in [4.78, 5) is 41.1. The van der Waals surface area contributed by atoms with Gasteiger partial charge in [-0.15, -0.1) is 16.8 Å². The van der Waals surface area contributed by atoms with Gasteiger partial charge < -0.3 is 10.6 Å². The summed E-state index contributed by atoms with van der Waals surface area (Å²) in [6.45, 7) is 4.64. The number of hydrogen-bond donors (Lipinski definition) is 2. The molecular formula is C23H23N7O3S. The summed E-state index contributed by atoms with van der Waals surface area (Å²) < 4.78 is 3.27. The third-order valence-electron chi connectivity index (χ3n) is 5.04. The standard InChI is InChI=1S/C23H23N7O3S/c1-2-13-29-21(33)17-5-3-4-6-18(17)30-22(29)27-28-23(30)34-15-20(32)25-12-9-19(31)26-14-16-7-10-24-11-8-16/h2-8,10-11H,1,9,12-15H2,(H,25,32)(H,26,31). The summed E-state index contributed by atoms with van der Waals surface area (Å²) in [5.74, 6) is 0.0959. The van der Waals surface area contributed by atoms with Gasteiger partial charge in [-0.2, -0.15) is 0 Å². The average molecular weight is 478 g/mol. The van der Waals surface area contributed by atoms with Gasteiger partial charge in [0, 0.05) is 38.4 Å². The molecule has 0 atom stereocenters. The van der Waals surface area contributed by atoms with Crippen LogP contribution in [0, 0.1) is 0 Å². The molecule has 0 unspecified atom stereocenters. The first-order valence-electron chi connectivity index (χ1n) is 10.6. The Morgan fingerprint density at radius 2 is 1.85 bits per heavy atom. The molecule has 0 bridgehead atoms. The topological polar surface area (TPSA) is 123 Å². The lowest BCUT2D eigenvalue weighted by molar-refractivity contribution is -0.121. The summed E-state index contributed by atoms with van der Waals surface area (Å²) in [7, 11) is 0. The molecular weight excluding hydrogens is 454 g/mol. The van der Waals surface area contributed by atoms with Gasteiger partial charge in [-0.25, -0.2) is 0 Å². The SMILES string of the molecule is C=CCn1c(=O)c2ccccc2n2c(SCC(=O)NCCC(=O)NCc3ccncc3)nnc12. The van der Waals surface area contributed by atoms with E-state index in [0.29, 0.717) is 34.9 Å². The van der Waals surface area contributed by atoms with E-state index in [0.717, 1.165) is 5.56 Å².